The molecule has 2 heterocycles. The van der Waals surface area contributed by atoms with E-state index in [1.54, 1.807) is 12.3 Å². The Morgan fingerprint density at radius 2 is 1.68 bits per heavy atom. The minimum atomic E-state index is -5.08. The lowest BCUT2D eigenvalue weighted by molar-refractivity contribution is -0.192. The van der Waals surface area contributed by atoms with Gasteiger partial charge >= 0.3 is 18.2 Å². The number of benzene rings is 1. The first-order chi connectivity index (χ1) is 15.9. The number of rotatable bonds is 5. The first kappa shape index (κ1) is 26.3. The standard InChI is InChI=1S/C19H23N7O.C2HF3O2/c1-12-10-13(2)24-18(23-12)26-17(8-9-22-26)25-19(27)21-11-15-4-6-16(7-5-15)14(3)20;3-2(4,5)1(6)7/h4-10,14H,11,20H2,1-3H3,(H2,21,25,27);(H,6,7)/t14-;/m1./s1. The first-order valence-corrected chi connectivity index (χ1v) is 9.93. The van der Waals surface area contributed by atoms with Gasteiger partial charge in [0.15, 0.2) is 0 Å². The number of nitrogens with two attached hydrogens (primary N) is 1. The number of aliphatic carboxylic acids is 1. The zero-order valence-electron chi connectivity index (χ0n) is 18.6. The monoisotopic (exact) mass is 479 g/mol. The van der Waals surface area contributed by atoms with Crippen LogP contribution in [0.15, 0.2) is 42.6 Å². The van der Waals surface area contributed by atoms with Crippen molar-refractivity contribution in [2.75, 3.05) is 5.32 Å². The van der Waals surface area contributed by atoms with E-state index in [2.05, 4.69) is 25.7 Å². The SMILES string of the molecule is Cc1cc(C)nc(-n2nccc2NC(=O)NCc2ccc([C@@H](C)N)cc2)n1.O=C(O)C(F)(F)F. The van der Waals surface area contributed by atoms with Crippen molar-refractivity contribution in [2.45, 2.75) is 39.5 Å². The minimum Gasteiger partial charge on any atom is -0.475 e. The molecule has 2 amide bonds. The zero-order chi connectivity index (χ0) is 25.5. The highest BCUT2D eigenvalue weighted by molar-refractivity contribution is 5.88. The minimum absolute atomic E-state index is 0.0110. The maximum absolute atomic E-state index is 12.3. The number of nitrogens with zero attached hydrogens (tertiary/aromatic N) is 4. The Balaban J connectivity index is 0.000000509. The van der Waals surface area contributed by atoms with Crippen LogP contribution in [0.3, 0.4) is 0 Å². The highest BCUT2D eigenvalue weighted by atomic mass is 19.4. The third-order valence-corrected chi connectivity index (χ3v) is 4.25. The molecule has 0 aliphatic heterocycles. The number of aromatic nitrogens is 4. The molecule has 0 radical (unpaired) electrons. The van der Waals surface area contributed by atoms with Crippen molar-refractivity contribution in [3.05, 3.63) is 65.1 Å². The number of anilines is 1. The van der Waals surface area contributed by atoms with E-state index in [1.807, 2.05) is 51.1 Å². The highest BCUT2D eigenvalue weighted by Crippen LogP contribution is 2.14. The molecule has 1 atom stereocenters. The summed E-state index contributed by atoms with van der Waals surface area (Å²) in [6.07, 6.45) is -3.50. The van der Waals surface area contributed by atoms with Crippen molar-refractivity contribution in [3.63, 3.8) is 0 Å². The maximum atomic E-state index is 12.3. The number of carboxylic acid groups (broad SMARTS) is 1. The molecule has 0 aliphatic rings. The molecule has 5 N–H and O–H groups in total. The number of carbonyl (C=O) groups excluding carboxylic acids is 1. The number of carboxylic acids is 1. The topological polar surface area (TPSA) is 148 Å². The molecule has 0 bridgehead atoms. The maximum Gasteiger partial charge on any atom is 0.490 e. The van der Waals surface area contributed by atoms with E-state index in [4.69, 9.17) is 15.6 Å². The van der Waals surface area contributed by atoms with E-state index in [9.17, 15) is 18.0 Å². The van der Waals surface area contributed by atoms with Gasteiger partial charge in [-0.3, -0.25) is 5.32 Å². The van der Waals surface area contributed by atoms with Crippen molar-refractivity contribution < 1.29 is 27.9 Å². The summed E-state index contributed by atoms with van der Waals surface area (Å²) in [4.78, 5) is 29.9. The van der Waals surface area contributed by atoms with Gasteiger partial charge in [0.05, 0.1) is 6.20 Å². The molecule has 13 heteroatoms. The summed E-state index contributed by atoms with van der Waals surface area (Å²) >= 11 is 0. The fourth-order valence-electron chi connectivity index (χ4n) is 2.64. The molecule has 0 aliphatic carbocycles. The van der Waals surface area contributed by atoms with Crippen molar-refractivity contribution in [3.8, 4) is 5.95 Å². The second-order valence-electron chi connectivity index (χ2n) is 7.22. The number of amides is 2. The number of nitrogens with one attached hydrogen (secondary N) is 2. The molecule has 0 unspecified atom stereocenters. The van der Waals surface area contributed by atoms with E-state index in [0.717, 1.165) is 22.5 Å². The third kappa shape index (κ3) is 7.85. The van der Waals surface area contributed by atoms with Crippen LogP contribution in [-0.4, -0.2) is 43.0 Å². The Labute approximate surface area is 193 Å². The van der Waals surface area contributed by atoms with Gasteiger partial charge in [0, 0.05) is 30.0 Å². The molecule has 0 saturated heterocycles. The molecule has 10 nitrogen and oxygen atoms in total. The number of urea groups is 1. The Bertz CT molecular complexity index is 1110. The van der Waals surface area contributed by atoms with Crippen molar-refractivity contribution in [1.82, 2.24) is 25.1 Å². The Morgan fingerprint density at radius 1 is 1.12 bits per heavy atom. The van der Waals surface area contributed by atoms with Gasteiger partial charge in [0.2, 0.25) is 0 Å². The van der Waals surface area contributed by atoms with Gasteiger partial charge in [-0.15, -0.1) is 0 Å². The largest absolute Gasteiger partial charge is 0.490 e. The third-order valence-electron chi connectivity index (χ3n) is 4.25. The smallest absolute Gasteiger partial charge is 0.475 e. The summed E-state index contributed by atoms with van der Waals surface area (Å²) in [5.41, 5.74) is 9.55. The zero-order valence-corrected chi connectivity index (χ0v) is 18.6. The van der Waals surface area contributed by atoms with Crippen LogP contribution < -0.4 is 16.4 Å². The van der Waals surface area contributed by atoms with Crippen LogP contribution in [0.2, 0.25) is 0 Å². The Kier molecular flexibility index (Phi) is 8.67. The summed E-state index contributed by atoms with van der Waals surface area (Å²) in [7, 11) is 0. The number of alkyl halides is 3. The lowest BCUT2D eigenvalue weighted by atomic mass is 10.1. The summed E-state index contributed by atoms with van der Waals surface area (Å²) in [5.74, 6) is -1.85. The van der Waals surface area contributed by atoms with Gasteiger partial charge in [0.25, 0.3) is 5.95 Å². The summed E-state index contributed by atoms with van der Waals surface area (Å²) in [6, 6.07) is 11.1. The molecule has 0 fully saturated rings. The van der Waals surface area contributed by atoms with E-state index in [1.165, 1.54) is 4.68 Å². The van der Waals surface area contributed by atoms with Gasteiger partial charge in [-0.2, -0.15) is 23.0 Å². The van der Waals surface area contributed by atoms with E-state index >= 15 is 0 Å². The molecule has 182 valence electrons. The van der Waals surface area contributed by atoms with Crippen LogP contribution in [0, 0.1) is 13.8 Å². The fourth-order valence-corrected chi connectivity index (χ4v) is 2.64. The van der Waals surface area contributed by atoms with E-state index in [-0.39, 0.29) is 12.1 Å². The number of hydrogen-bond acceptors (Lipinski definition) is 6. The second kappa shape index (κ2) is 11.2. The average Bonchev–Trinajstić information content (AvgIpc) is 3.19. The lowest BCUT2D eigenvalue weighted by Gasteiger charge is -2.11. The number of halogens is 3. The molecule has 1 aromatic carbocycles. The van der Waals surface area contributed by atoms with Crippen LogP contribution in [-0.2, 0) is 11.3 Å². The molecule has 34 heavy (non-hydrogen) atoms. The summed E-state index contributed by atoms with van der Waals surface area (Å²) in [6.45, 7) is 6.11. The van der Waals surface area contributed by atoms with Gasteiger partial charge in [-0.25, -0.2) is 19.6 Å². The van der Waals surface area contributed by atoms with Crippen molar-refractivity contribution in [1.29, 1.82) is 0 Å². The van der Waals surface area contributed by atoms with Crippen LogP contribution in [0.1, 0.15) is 35.5 Å². The Morgan fingerprint density at radius 3 is 2.18 bits per heavy atom. The lowest BCUT2D eigenvalue weighted by Crippen LogP contribution is -2.29. The number of carbonyl (C=O) groups is 2. The number of aryl methyl sites for hydroxylation is 2. The van der Waals surface area contributed by atoms with Crippen molar-refractivity contribution >= 4 is 17.8 Å². The highest BCUT2D eigenvalue weighted by Gasteiger charge is 2.38. The molecule has 3 aromatic rings. The molecule has 0 spiro atoms. The molecule has 3 rings (SSSR count). The van der Waals surface area contributed by atoms with Crippen LogP contribution in [0.25, 0.3) is 5.95 Å². The molecule has 2 aromatic heterocycles. The molecular formula is C21H24F3N7O3. The molecule has 0 saturated carbocycles. The second-order valence-corrected chi connectivity index (χ2v) is 7.22. The van der Waals surface area contributed by atoms with Gasteiger partial charge in [-0.1, -0.05) is 24.3 Å². The van der Waals surface area contributed by atoms with Crippen molar-refractivity contribution in [2.24, 2.45) is 5.73 Å². The van der Waals surface area contributed by atoms with Crippen LogP contribution >= 0.6 is 0 Å². The quantitative estimate of drug-likeness (QED) is 0.439. The van der Waals surface area contributed by atoms with E-state index in [0.29, 0.717) is 18.3 Å². The predicted octanol–water partition coefficient (Wildman–Crippen LogP) is 3.25. The number of hydrogen-bond donors (Lipinski definition) is 4. The Hall–Kier alpha value is -4.00. The molecular weight excluding hydrogens is 455 g/mol. The first-order valence-electron chi connectivity index (χ1n) is 9.93. The van der Waals surface area contributed by atoms with Crippen LogP contribution in [0.5, 0.6) is 0 Å². The summed E-state index contributed by atoms with van der Waals surface area (Å²) in [5, 5.41) is 16.9. The van der Waals surface area contributed by atoms with E-state index < -0.39 is 12.1 Å². The normalized spacial score (nSPS) is 11.7. The average molecular weight is 479 g/mol. The predicted molar refractivity (Wildman–Crippen MR) is 117 cm³/mol. The van der Waals surface area contributed by atoms with Gasteiger partial charge < -0.3 is 16.2 Å². The van der Waals surface area contributed by atoms with Gasteiger partial charge in [0.1, 0.15) is 5.82 Å². The summed E-state index contributed by atoms with van der Waals surface area (Å²) < 4.78 is 33.2. The fraction of sp³-hybridized carbons (Fsp3) is 0.286. The van der Waals surface area contributed by atoms with Crippen LogP contribution in [0.4, 0.5) is 23.8 Å². The van der Waals surface area contributed by atoms with Gasteiger partial charge in [-0.05, 0) is 38.0 Å².